The fourth-order valence-electron chi connectivity index (χ4n) is 6.48. The SMILES string of the molecule is C\C1=C/C=C\C=C(/C)c2c(C(N)c3ccc4ccccc4c3)cc3c4ccccc4c4ccccc4c3c2C1. The Hall–Kier alpha value is -4.46. The van der Waals surface area contributed by atoms with E-state index in [9.17, 15) is 0 Å². The van der Waals surface area contributed by atoms with E-state index in [2.05, 4.69) is 135 Å². The number of allylic oxidation sites excluding steroid dienone is 6. The molecule has 7 rings (SSSR count). The third-order valence-electron chi connectivity index (χ3n) is 8.32. The smallest absolute Gasteiger partial charge is 0.0558 e. The molecule has 1 aliphatic rings. The Morgan fingerprint density at radius 1 is 0.615 bits per heavy atom. The van der Waals surface area contributed by atoms with Gasteiger partial charge in [-0.1, -0.05) is 115 Å². The molecule has 2 N–H and O–H groups in total. The molecule has 1 atom stereocenters. The van der Waals surface area contributed by atoms with Crippen molar-refractivity contribution in [3.05, 3.63) is 149 Å². The summed E-state index contributed by atoms with van der Waals surface area (Å²) in [6.07, 6.45) is 9.66. The van der Waals surface area contributed by atoms with Crippen molar-refractivity contribution in [3.63, 3.8) is 0 Å². The van der Waals surface area contributed by atoms with Gasteiger partial charge in [-0.15, -0.1) is 0 Å². The van der Waals surface area contributed by atoms with E-state index in [1.807, 2.05) is 0 Å². The first kappa shape index (κ1) is 23.6. The lowest BCUT2D eigenvalue weighted by Crippen LogP contribution is -2.16. The van der Waals surface area contributed by atoms with E-state index < -0.39 is 0 Å². The molecule has 0 heterocycles. The molecular formula is C38H31N. The average molecular weight is 502 g/mol. The molecule has 0 radical (unpaired) electrons. The second-order valence-corrected chi connectivity index (χ2v) is 10.8. The molecule has 1 nitrogen and oxygen atoms in total. The van der Waals surface area contributed by atoms with Gasteiger partial charge in [0.1, 0.15) is 0 Å². The Balaban J connectivity index is 1.64. The van der Waals surface area contributed by atoms with E-state index in [4.69, 9.17) is 5.73 Å². The van der Waals surface area contributed by atoms with Crippen LogP contribution in [0.4, 0.5) is 0 Å². The average Bonchev–Trinajstić information content (AvgIpc) is 3.05. The van der Waals surface area contributed by atoms with E-state index in [1.165, 1.54) is 70.9 Å². The highest BCUT2D eigenvalue weighted by Crippen LogP contribution is 2.43. The van der Waals surface area contributed by atoms with Gasteiger partial charge >= 0.3 is 0 Å². The molecule has 188 valence electrons. The normalized spacial score (nSPS) is 18.0. The zero-order valence-electron chi connectivity index (χ0n) is 22.4. The minimum atomic E-state index is -0.254. The van der Waals surface area contributed by atoms with Crippen molar-refractivity contribution >= 4 is 48.7 Å². The topological polar surface area (TPSA) is 26.0 Å². The molecule has 1 unspecified atom stereocenters. The summed E-state index contributed by atoms with van der Waals surface area (Å²) in [4.78, 5) is 0. The number of nitrogens with two attached hydrogens (primary N) is 1. The molecule has 0 aromatic heterocycles. The van der Waals surface area contributed by atoms with Crippen LogP contribution in [0.1, 0.15) is 42.1 Å². The minimum absolute atomic E-state index is 0.254. The third-order valence-corrected chi connectivity index (χ3v) is 8.32. The molecule has 0 bridgehead atoms. The number of fused-ring (bicyclic) bond motifs is 9. The van der Waals surface area contributed by atoms with Gasteiger partial charge in [0.15, 0.2) is 0 Å². The van der Waals surface area contributed by atoms with Crippen LogP contribution in [0.15, 0.2) is 127 Å². The van der Waals surface area contributed by atoms with E-state index >= 15 is 0 Å². The van der Waals surface area contributed by atoms with Crippen LogP contribution < -0.4 is 5.73 Å². The van der Waals surface area contributed by atoms with Gasteiger partial charge < -0.3 is 5.73 Å². The van der Waals surface area contributed by atoms with E-state index in [1.54, 1.807) is 0 Å². The van der Waals surface area contributed by atoms with Crippen LogP contribution in [0, 0.1) is 0 Å². The summed E-state index contributed by atoms with van der Waals surface area (Å²) < 4.78 is 0. The third kappa shape index (κ3) is 3.90. The van der Waals surface area contributed by atoms with Gasteiger partial charge in [0.25, 0.3) is 0 Å². The lowest BCUT2D eigenvalue weighted by Gasteiger charge is -2.25. The molecule has 39 heavy (non-hydrogen) atoms. The summed E-state index contributed by atoms with van der Waals surface area (Å²) in [7, 11) is 0. The maximum atomic E-state index is 7.25. The lowest BCUT2D eigenvalue weighted by molar-refractivity contribution is 0.868. The molecule has 0 spiro atoms. The molecule has 0 fully saturated rings. The number of hydrogen-bond acceptors (Lipinski definition) is 1. The van der Waals surface area contributed by atoms with Crippen LogP contribution in [-0.4, -0.2) is 0 Å². The van der Waals surface area contributed by atoms with Gasteiger partial charge in [-0.3, -0.25) is 0 Å². The van der Waals surface area contributed by atoms with Crippen molar-refractivity contribution in [1.82, 2.24) is 0 Å². The molecule has 0 saturated carbocycles. The van der Waals surface area contributed by atoms with E-state index in [-0.39, 0.29) is 6.04 Å². The van der Waals surface area contributed by atoms with Crippen molar-refractivity contribution in [1.29, 1.82) is 0 Å². The maximum Gasteiger partial charge on any atom is 0.0558 e. The quantitative estimate of drug-likeness (QED) is 0.235. The molecule has 1 aliphatic carbocycles. The minimum Gasteiger partial charge on any atom is -0.320 e. The van der Waals surface area contributed by atoms with Crippen molar-refractivity contribution in [3.8, 4) is 0 Å². The van der Waals surface area contributed by atoms with Crippen LogP contribution in [0.3, 0.4) is 0 Å². The molecule has 6 aromatic rings. The van der Waals surface area contributed by atoms with Gasteiger partial charge in [0.05, 0.1) is 6.04 Å². The second-order valence-electron chi connectivity index (χ2n) is 10.8. The highest BCUT2D eigenvalue weighted by molar-refractivity contribution is 6.26. The number of benzene rings is 6. The summed E-state index contributed by atoms with van der Waals surface area (Å²) >= 11 is 0. The van der Waals surface area contributed by atoms with Crippen LogP contribution in [0.25, 0.3) is 48.7 Å². The Morgan fingerprint density at radius 3 is 2.00 bits per heavy atom. The van der Waals surface area contributed by atoms with Crippen molar-refractivity contribution < 1.29 is 0 Å². The van der Waals surface area contributed by atoms with Crippen LogP contribution >= 0.6 is 0 Å². The predicted molar refractivity (Wildman–Crippen MR) is 169 cm³/mol. The van der Waals surface area contributed by atoms with Gasteiger partial charge in [0.2, 0.25) is 0 Å². The van der Waals surface area contributed by atoms with Gasteiger partial charge in [0, 0.05) is 0 Å². The molecule has 1 heteroatoms. The highest BCUT2D eigenvalue weighted by atomic mass is 14.6. The monoisotopic (exact) mass is 501 g/mol. The summed E-state index contributed by atoms with van der Waals surface area (Å²) in [6.45, 7) is 4.47. The predicted octanol–water partition coefficient (Wildman–Crippen LogP) is 9.81. The first-order valence-corrected chi connectivity index (χ1v) is 13.7. The number of hydrogen-bond donors (Lipinski definition) is 1. The fraction of sp³-hybridized carbons (Fsp3) is 0.105. The standard InChI is InChI=1S/C38H31N/c1-24-11-3-4-12-25(2)36-34(21-24)37-32-18-10-9-16-30(32)29-15-7-8-17-31(29)33(37)23-35(36)38(39)28-20-19-26-13-5-6-14-27(26)22-28/h3-20,22-23,38H,21,39H2,1-2H3/b4-3-,24-11+,25-12+. The molecule has 6 aromatic carbocycles. The van der Waals surface area contributed by atoms with Gasteiger partial charge in [-0.05, 0) is 103 Å². The van der Waals surface area contributed by atoms with E-state index in [0.717, 1.165) is 12.0 Å². The van der Waals surface area contributed by atoms with Crippen molar-refractivity contribution in [2.24, 2.45) is 5.73 Å². The molecule has 0 amide bonds. The Morgan fingerprint density at radius 2 is 1.23 bits per heavy atom. The first-order chi connectivity index (χ1) is 19.1. The zero-order valence-corrected chi connectivity index (χ0v) is 22.4. The highest BCUT2D eigenvalue weighted by Gasteiger charge is 2.23. The maximum absolute atomic E-state index is 7.25. The molecule has 0 aliphatic heterocycles. The fourth-order valence-corrected chi connectivity index (χ4v) is 6.48. The summed E-state index contributed by atoms with van der Waals surface area (Å²) in [5.41, 5.74) is 14.8. The van der Waals surface area contributed by atoms with Crippen molar-refractivity contribution in [2.45, 2.75) is 26.3 Å². The summed E-state index contributed by atoms with van der Waals surface area (Å²) in [5, 5.41) is 10.3. The Labute approximate surface area is 229 Å². The van der Waals surface area contributed by atoms with Gasteiger partial charge in [-0.25, -0.2) is 0 Å². The summed E-state index contributed by atoms with van der Waals surface area (Å²) in [6, 6.07) is 35.0. The van der Waals surface area contributed by atoms with Crippen LogP contribution in [0.2, 0.25) is 0 Å². The van der Waals surface area contributed by atoms with Crippen LogP contribution in [0.5, 0.6) is 0 Å². The second kappa shape index (κ2) is 9.38. The zero-order chi connectivity index (χ0) is 26.5. The Bertz CT molecular complexity index is 2020. The van der Waals surface area contributed by atoms with Crippen molar-refractivity contribution in [2.75, 3.05) is 0 Å². The van der Waals surface area contributed by atoms with Gasteiger partial charge in [-0.2, -0.15) is 0 Å². The largest absolute Gasteiger partial charge is 0.320 e. The number of rotatable bonds is 2. The molecule has 0 saturated heterocycles. The lowest BCUT2D eigenvalue weighted by atomic mass is 9.80. The van der Waals surface area contributed by atoms with E-state index in [0.29, 0.717) is 0 Å². The molecular weight excluding hydrogens is 470 g/mol. The first-order valence-electron chi connectivity index (χ1n) is 13.7. The summed E-state index contributed by atoms with van der Waals surface area (Å²) in [5.74, 6) is 0. The van der Waals surface area contributed by atoms with Crippen LogP contribution in [-0.2, 0) is 6.42 Å². The Kier molecular flexibility index (Phi) is 5.68.